The summed E-state index contributed by atoms with van der Waals surface area (Å²) in [4.78, 5) is 27.9. The number of benzene rings is 1. The van der Waals surface area contributed by atoms with Crippen LogP contribution in [0.25, 0.3) is 11.3 Å². The van der Waals surface area contributed by atoms with Gasteiger partial charge in [-0.3, -0.25) is 9.59 Å². The highest BCUT2D eigenvalue weighted by molar-refractivity contribution is 6.39. The third-order valence-corrected chi connectivity index (χ3v) is 4.16. The summed E-state index contributed by atoms with van der Waals surface area (Å²) >= 11 is 12.4. The third-order valence-electron chi connectivity index (χ3n) is 3.53. The van der Waals surface area contributed by atoms with Crippen molar-refractivity contribution < 1.29 is 14.1 Å². The smallest absolute Gasteiger partial charge is 0.267 e. The summed E-state index contributed by atoms with van der Waals surface area (Å²) in [5.74, 6) is -0.808. The Labute approximate surface area is 158 Å². The fourth-order valence-electron chi connectivity index (χ4n) is 2.35. The van der Waals surface area contributed by atoms with Crippen LogP contribution in [0.3, 0.4) is 0 Å². The molecule has 7 nitrogen and oxygen atoms in total. The Balaban J connectivity index is 2.00. The van der Waals surface area contributed by atoms with Gasteiger partial charge in [0.25, 0.3) is 11.8 Å². The number of aryl methyl sites for hydroxylation is 1. The molecule has 2 amide bonds. The zero-order valence-electron chi connectivity index (χ0n) is 13.4. The second kappa shape index (κ2) is 7.15. The minimum Gasteiger partial charge on any atom is -0.364 e. The first-order valence-electron chi connectivity index (χ1n) is 7.37. The fraction of sp³-hybridized carbons (Fsp3) is 0.0588. The van der Waals surface area contributed by atoms with Gasteiger partial charge in [0.2, 0.25) is 0 Å². The number of carbonyl (C=O) groups is 2. The van der Waals surface area contributed by atoms with Gasteiger partial charge in [-0.25, -0.2) is 4.98 Å². The van der Waals surface area contributed by atoms with Crippen LogP contribution < -0.4 is 11.1 Å². The minimum absolute atomic E-state index is 0.0270. The van der Waals surface area contributed by atoms with Gasteiger partial charge < -0.3 is 15.6 Å². The average molecular weight is 391 g/mol. The maximum absolute atomic E-state index is 12.7. The molecule has 3 aromatic rings. The lowest BCUT2D eigenvalue weighted by Crippen LogP contribution is -2.17. The van der Waals surface area contributed by atoms with E-state index in [1.807, 2.05) is 0 Å². The highest BCUT2D eigenvalue weighted by Gasteiger charge is 2.25. The summed E-state index contributed by atoms with van der Waals surface area (Å²) < 4.78 is 5.16. The second-order valence-corrected chi connectivity index (χ2v) is 6.10. The van der Waals surface area contributed by atoms with Gasteiger partial charge in [-0.2, -0.15) is 0 Å². The molecule has 0 fully saturated rings. The van der Waals surface area contributed by atoms with E-state index in [1.54, 1.807) is 31.2 Å². The number of nitrogens with zero attached hydrogens (tertiary/aromatic N) is 2. The third kappa shape index (κ3) is 3.40. The number of hydrogen-bond acceptors (Lipinski definition) is 5. The van der Waals surface area contributed by atoms with E-state index >= 15 is 0 Å². The monoisotopic (exact) mass is 390 g/mol. The normalized spacial score (nSPS) is 10.6. The van der Waals surface area contributed by atoms with E-state index in [2.05, 4.69) is 15.5 Å². The second-order valence-electron chi connectivity index (χ2n) is 5.29. The van der Waals surface area contributed by atoms with Gasteiger partial charge in [-0.15, -0.1) is 0 Å². The first-order chi connectivity index (χ1) is 12.4. The first kappa shape index (κ1) is 17.9. The molecule has 26 heavy (non-hydrogen) atoms. The van der Waals surface area contributed by atoms with Gasteiger partial charge in [-0.05, 0) is 31.2 Å². The number of hydrogen-bond donors (Lipinski definition) is 2. The van der Waals surface area contributed by atoms with Crippen molar-refractivity contribution in [3.63, 3.8) is 0 Å². The van der Waals surface area contributed by atoms with E-state index in [0.29, 0.717) is 15.6 Å². The number of halogens is 2. The number of anilines is 1. The van der Waals surface area contributed by atoms with Crippen LogP contribution in [0.5, 0.6) is 0 Å². The van der Waals surface area contributed by atoms with E-state index in [1.165, 1.54) is 12.1 Å². The molecule has 0 bridgehead atoms. The van der Waals surface area contributed by atoms with Crippen LogP contribution in [0.1, 0.15) is 26.6 Å². The van der Waals surface area contributed by atoms with Gasteiger partial charge in [0.05, 0.1) is 10.0 Å². The Kier molecular flexibility index (Phi) is 4.92. The molecule has 2 aromatic heterocycles. The molecule has 0 atom stereocenters. The molecule has 0 spiro atoms. The van der Waals surface area contributed by atoms with Crippen LogP contribution >= 0.6 is 23.2 Å². The average Bonchev–Trinajstić information content (AvgIpc) is 2.96. The number of primary amides is 1. The van der Waals surface area contributed by atoms with Crippen LogP contribution in [0.4, 0.5) is 5.82 Å². The fourth-order valence-corrected chi connectivity index (χ4v) is 2.93. The van der Waals surface area contributed by atoms with E-state index in [-0.39, 0.29) is 28.5 Å². The van der Waals surface area contributed by atoms with Gasteiger partial charge in [0.1, 0.15) is 28.5 Å². The molecule has 3 rings (SSSR count). The molecule has 0 saturated carbocycles. The number of pyridine rings is 1. The van der Waals surface area contributed by atoms with Crippen LogP contribution in [-0.2, 0) is 0 Å². The number of nitrogens with two attached hydrogens (primary N) is 1. The molecular formula is C17H12Cl2N4O3. The Hall–Kier alpha value is -2.90. The standard InChI is InChI=1S/C17H12Cl2N4O3/c1-8-13(15(23-26-8)14-9(18)4-2-5-10(14)19)17(25)22-12-7-3-6-11(21-12)16(20)24/h2-7H,1H3,(H2,20,24)(H,21,22,25). The molecule has 0 aliphatic heterocycles. The topological polar surface area (TPSA) is 111 Å². The van der Waals surface area contributed by atoms with Crippen LogP contribution in [0.15, 0.2) is 40.9 Å². The van der Waals surface area contributed by atoms with Gasteiger partial charge >= 0.3 is 0 Å². The van der Waals surface area contributed by atoms with Crippen molar-refractivity contribution in [2.75, 3.05) is 5.32 Å². The molecule has 1 aromatic carbocycles. The van der Waals surface area contributed by atoms with Crippen LogP contribution in [-0.4, -0.2) is 22.0 Å². The van der Waals surface area contributed by atoms with E-state index in [0.717, 1.165) is 0 Å². The van der Waals surface area contributed by atoms with Crippen molar-refractivity contribution in [3.8, 4) is 11.3 Å². The van der Waals surface area contributed by atoms with Gasteiger partial charge in [0, 0.05) is 5.56 Å². The largest absolute Gasteiger partial charge is 0.364 e. The molecule has 0 unspecified atom stereocenters. The highest BCUT2D eigenvalue weighted by Crippen LogP contribution is 2.36. The number of carbonyl (C=O) groups excluding carboxylic acids is 2. The van der Waals surface area contributed by atoms with E-state index in [4.69, 9.17) is 33.5 Å². The SMILES string of the molecule is Cc1onc(-c2c(Cl)cccc2Cl)c1C(=O)Nc1cccc(C(N)=O)n1. The van der Waals surface area contributed by atoms with Crippen molar-refractivity contribution in [1.82, 2.24) is 10.1 Å². The van der Waals surface area contributed by atoms with Crippen LogP contribution in [0, 0.1) is 6.92 Å². The molecule has 9 heteroatoms. The van der Waals surface area contributed by atoms with Crippen molar-refractivity contribution in [3.05, 3.63) is 63.5 Å². The Morgan fingerprint density at radius 2 is 1.77 bits per heavy atom. The number of nitrogens with one attached hydrogen (secondary N) is 1. The predicted octanol–water partition coefficient (Wildman–Crippen LogP) is 3.70. The Morgan fingerprint density at radius 3 is 2.42 bits per heavy atom. The van der Waals surface area contributed by atoms with Crippen molar-refractivity contribution >= 4 is 40.8 Å². The molecule has 0 aliphatic carbocycles. The zero-order chi connectivity index (χ0) is 18.8. The van der Waals surface area contributed by atoms with Gasteiger partial charge in [0.15, 0.2) is 0 Å². The van der Waals surface area contributed by atoms with Crippen molar-refractivity contribution in [2.45, 2.75) is 6.92 Å². The molecule has 0 radical (unpaired) electrons. The van der Waals surface area contributed by atoms with Crippen molar-refractivity contribution in [1.29, 1.82) is 0 Å². The van der Waals surface area contributed by atoms with E-state index in [9.17, 15) is 9.59 Å². The molecule has 0 aliphatic rings. The quantitative estimate of drug-likeness (QED) is 0.705. The minimum atomic E-state index is -0.703. The van der Waals surface area contributed by atoms with Crippen molar-refractivity contribution in [2.24, 2.45) is 5.73 Å². The number of rotatable bonds is 4. The number of aromatic nitrogens is 2. The summed E-state index contributed by atoms with van der Waals surface area (Å²) in [6.07, 6.45) is 0. The Bertz CT molecular complexity index is 997. The summed E-state index contributed by atoms with van der Waals surface area (Å²) in [6, 6.07) is 9.46. The lowest BCUT2D eigenvalue weighted by molar-refractivity contribution is 0.0991. The summed E-state index contributed by atoms with van der Waals surface area (Å²) in [7, 11) is 0. The van der Waals surface area contributed by atoms with E-state index < -0.39 is 11.8 Å². The summed E-state index contributed by atoms with van der Waals surface area (Å²) in [6.45, 7) is 1.59. The molecule has 132 valence electrons. The molecule has 2 heterocycles. The van der Waals surface area contributed by atoms with Gasteiger partial charge in [-0.1, -0.05) is 40.5 Å². The zero-order valence-corrected chi connectivity index (χ0v) is 14.9. The van der Waals surface area contributed by atoms with Crippen LogP contribution in [0.2, 0.25) is 10.0 Å². The summed E-state index contributed by atoms with van der Waals surface area (Å²) in [5, 5.41) is 7.16. The number of amides is 2. The maximum Gasteiger partial charge on any atom is 0.267 e. The Morgan fingerprint density at radius 1 is 1.12 bits per heavy atom. The molecular weight excluding hydrogens is 379 g/mol. The molecule has 0 saturated heterocycles. The first-order valence-corrected chi connectivity index (χ1v) is 8.13. The lowest BCUT2D eigenvalue weighted by Gasteiger charge is -2.08. The summed E-state index contributed by atoms with van der Waals surface area (Å²) in [5.41, 5.74) is 5.98. The lowest BCUT2D eigenvalue weighted by atomic mass is 10.1. The predicted molar refractivity (Wildman–Crippen MR) is 97.4 cm³/mol. The maximum atomic E-state index is 12.7. The highest BCUT2D eigenvalue weighted by atomic mass is 35.5. The molecule has 3 N–H and O–H groups in total.